The zero-order chi connectivity index (χ0) is 13.5. The topological polar surface area (TPSA) is 0 Å². The van der Waals surface area contributed by atoms with Crippen molar-refractivity contribution in [1.82, 2.24) is 0 Å². The maximum atomic E-state index is 14.3. The Balaban J connectivity index is 2.00. The lowest BCUT2D eigenvalue weighted by Gasteiger charge is -2.09. The van der Waals surface area contributed by atoms with E-state index in [4.69, 9.17) is 0 Å². The minimum absolute atomic E-state index is 0.121. The van der Waals surface area contributed by atoms with Gasteiger partial charge in [0.1, 0.15) is 5.82 Å². The number of halogens is 1. The summed E-state index contributed by atoms with van der Waals surface area (Å²) in [5.41, 5.74) is 6.43. The van der Waals surface area contributed by atoms with Crippen molar-refractivity contribution in [3.05, 3.63) is 83.7 Å². The van der Waals surface area contributed by atoms with Gasteiger partial charge in [-0.05, 0) is 40.3 Å². The third-order valence-electron chi connectivity index (χ3n) is 4.00. The fourth-order valence-corrected chi connectivity index (χ4v) is 3.09. The van der Waals surface area contributed by atoms with Crippen molar-refractivity contribution in [2.75, 3.05) is 0 Å². The molecule has 3 aromatic rings. The minimum Gasteiger partial charge on any atom is -0.206 e. The summed E-state index contributed by atoms with van der Waals surface area (Å²) in [6.45, 7) is 0. The van der Waals surface area contributed by atoms with E-state index >= 15 is 0 Å². The highest BCUT2D eigenvalue weighted by Gasteiger charge is 2.24. The largest absolute Gasteiger partial charge is 0.206 e. The van der Waals surface area contributed by atoms with Crippen molar-refractivity contribution in [3.8, 4) is 22.3 Å². The van der Waals surface area contributed by atoms with Gasteiger partial charge in [-0.3, -0.25) is 0 Å². The molecule has 0 atom stereocenters. The van der Waals surface area contributed by atoms with E-state index in [1.54, 1.807) is 6.07 Å². The molecule has 0 fully saturated rings. The molecule has 0 aromatic heterocycles. The predicted octanol–water partition coefficient (Wildman–Crippen LogP) is 5.06. The quantitative estimate of drug-likeness (QED) is 0.448. The molecule has 0 saturated carbocycles. The molecule has 0 saturated heterocycles. The van der Waals surface area contributed by atoms with Gasteiger partial charge in [-0.25, -0.2) is 4.39 Å². The Labute approximate surface area is 117 Å². The van der Waals surface area contributed by atoms with Crippen LogP contribution in [-0.2, 0) is 6.42 Å². The summed E-state index contributed by atoms with van der Waals surface area (Å²) in [5.74, 6) is -0.121. The standard InChI is InChI=1S/C19H13F/c20-18-11-10-15(13-6-2-1-3-7-13)17-12-14-8-4-5-9-16(14)19(17)18/h1-11H,12H2. The van der Waals surface area contributed by atoms with E-state index in [1.165, 1.54) is 5.56 Å². The second-order valence-corrected chi connectivity index (χ2v) is 5.15. The fourth-order valence-electron chi connectivity index (χ4n) is 3.09. The first-order chi connectivity index (χ1) is 9.84. The Morgan fingerprint density at radius 3 is 2.30 bits per heavy atom. The summed E-state index contributed by atoms with van der Waals surface area (Å²) in [5, 5.41) is 0. The van der Waals surface area contributed by atoms with Crippen LogP contribution >= 0.6 is 0 Å². The van der Waals surface area contributed by atoms with Crippen LogP contribution in [0.2, 0.25) is 0 Å². The molecule has 0 spiro atoms. The Kier molecular flexibility index (Phi) is 2.46. The normalized spacial score (nSPS) is 12.1. The molecule has 1 heteroatoms. The number of hydrogen-bond acceptors (Lipinski definition) is 0. The fraction of sp³-hybridized carbons (Fsp3) is 0.0526. The van der Waals surface area contributed by atoms with E-state index in [0.29, 0.717) is 0 Å². The molecular weight excluding hydrogens is 247 g/mol. The molecule has 0 heterocycles. The van der Waals surface area contributed by atoms with Crippen LogP contribution in [0.3, 0.4) is 0 Å². The van der Waals surface area contributed by atoms with Gasteiger partial charge in [0.25, 0.3) is 0 Å². The molecule has 4 rings (SSSR count). The maximum Gasteiger partial charge on any atom is 0.131 e. The van der Waals surface area contributed by atoms with Crippen molar-refractivity contribution in [2.45, 2.75) is 6.42 Å². The number of hydrogen-bond donors (Lipinski definition) is 0. The van der Waals surface area contributed by atoms with Gasteiger partial charge in [-0.1, -0.05) is 60.7 Å². The molecule has 0 radical (unpaired) electrons. The van der Waals surface area contributed by atoms with Gasteiger partial charge in [-0.2, -0.15) is 0 Å². The Morgan fingerprint density at radius 2 is 1.45 bits per heavy atom. The molecule has 96 valence electrons. The Hall–Kier alpha value is -2.41. The zero-order valence-electron chi connectivity index (χ0n) is 10.9. The third-order valence-corrected chi connectivity index (χ3v) is 4.00. The second kappa shape index (κ2) is 4.31. The van der Waals surface area contributed by atoms with Gasteiger partial charge in [0.05, 0.1) is 0 Å². The molecule has 0 aliphatic heterocycles. The molecule has 0 nitrogen and oxygen atoms in total. The number of fused-ring (bicyclic) bond motifs is 3. The summed E-state index contributed by atoms with van der Waals surface area (Å²) in [6, 6.07) is 21.8. The molecule has 0 bridgehead atoms. The first-order valence-corrected chi connectivity index (χ1v) is 6.79. The first-order valence-electron chi connectivity index (χ1n) is 6.79. The van der Waals surface area contributed by atoms with Crippen molar-refractivity contribution < 1.29 is 4.39 Å². The summed E-state index contributed by atoms with van der Waals surface area (Å²) in [6.07, 6.45) is 0.813. The van der Waals surface area contributed by atoms with Crippen LogP contribution in [-0.4, -0.2) is 0 Å². The highest BCUT2D eigenvalue weighted by atomic mass is 19.1. The zero-order valence-corrected chi connectivity index (χ0v) is 10.9. The molecule has 1 aliphatic rings. The van der Waals surface area contributed by atoms with E-state index in [0.717, 1.165) is 34.2 Å². The second-order valence-electron chi connectivity index (χ2n) is 5.15. The van der Waals surface area contributed by atoms with E-state index in [9.17, 15) is 4.39 Å². The van der Waals surface area contributed by atoms with Crippen LogP contribution in [0.25, 0.3) is 22.3 Å². The molecule has 0 unspecified atom stereocenters. The van der Waals surface area contributed by atoms with Gasteiger partial charge in [0.15, 0.2) is 0 Å². The number of benzene rings is 3. The van der Waals surface area contributed by atoms with E-state index in [-0.39, 0.29) is 5.82 Å². The summed E-state index contributed by atoms with van der Waals surface area (Å²) in [4.78, 5) is 0. The number of rotatable bonds is 1. The Morgan fingerprint density at radius 1 is 0.700 bits per heavy atom. The highest BCUT2D eigenvalue weighted by molar-refractivity contribution is 5.85. The van der Waals surface area contributed by atoms with Gasteiger partial charge in [0.2, 0.25) is 0 Å². The van der Waals surface area contributed by atoms with Crippen molar-refractivity contribution >= 4 is 0 Å². The first kappa shape index (κ1) is 11.4. The van der Waals surface area contributed by atoms with Crippen molar-refractivity contribution in [2.24, 2.45) is 0 Å². The van der Waals surface area contributed by atoms with Crippen molar-refractivity contribution in [1.29, 1.82) is 0 Å². The molecule has 20 heavy (non-hydrogen) atoms. The third kappa shape index (κ3) is 1.60. The molecule has 0 amide bonds. The van der Waals surface area contributed by atoms with Crippen LogP contribution in [0.5, 0.6) is 0 Å². The van der Waals surface area contributed by atoms with Crippen LogP contribution in [0, 0.1) is 5.82 Å². The van der Waals surface area contributed by atoms with Crippen LogP contribution in [0.1, 0.15) is 11.1 Å². The van der Waals surface area contributed by atoms with E-state index < -0.39 is 0 Å². The van der Waals surface area contributed by atoms with E-state index in [2.05, 4.69) is 18.2 Å². The Bertz CT molecular complexity index is 788. The lowest BCUT2D eigenvalue weighted by molar-refractivity contribution is 0.631. The molecule has 1 aliphatic carbocycles. The van der Waals surface area contributed by atoms with Crippen LogP contribution < -0.4 is 0 Å². The average molecular weight is 260 g/mol. The van der Waals surface area contributed by atoms with Crippen LogP contribution in [0.15, 0.2) is 66.7 Å². The van der Waals surface area contributed by atoms with Crippen molar-refractivity contribution in [3.63, 3.8) is 0 Å². The lowest BCUT2D eigenvalue weighted by Crippen LogP contribution is -1.90. The van der Waals surface area contributed by atoms with Crippen LogP contribution in [0.4, 0.5) is 4.39 Å². The van der Waals surface area contributed by atoms with E-state index in [1.807, 2.05) is 42.5 Å². The molecule has 3 aromatic carbocycles. The average Bonchev–Trinajstić information content (AvgIpc) is 2.88. The summed E-state index contributed by atoms with van der Waals surface area (Å²) < 4.78 is 14.3. The minimum atomic E-state index is -0.121. The molecular formula is C19H13F. The van der Waals surface area contributed by atoms with Gasteiger partial charge in [-0.15, -0.1) is 0 Å². The van der Waals surface area contributed by atoms with Gasteiger partial charge >= 0.3 is 0 Å². The monoisotopic (exact) mass is 260 g/mol. The van der Waals surface area contributed by atoms with Gasteiger partial charge < -0.3 is 0 Å². The lowest BCUT2D eigenvalue weighted by atomic mass is 9.95. The smallest absolute Gasteiger partial charge is 0.131 e. The summed E-state index contributed by atoms with van der Waals surface area (Å²) >= 11 is 0. The highest BCUT2D eigenvalue weighted by Crippen LogP contribution is 2.42. The SMILES string of the molecule is Fc1ccc(-c2ccccc2)c2c1-c1ccccc1C2. The van der Waals surface area contributed by atoms with Gasteiger partial charge in [0, 0.05) is 5.56 Å². The summed E-state index contributed by atoms with van der Waals surface area (Å²) in [7, 11) is 0. The molecule has 0 N–H and O–H groups in total. The predicted molar refractivity (Wildman–Crippen MR) is 80.1 cm³/mol. The maximum absolute atomic E-state index is 14.3.